The van der Waals surface area contributed by atoms with Crippen molar-refractivity contribution in [1.82, 2.24) is 4.90 Å². The molecule has 0 atom stereocenters. The fraction of sp³-hybridized carbons (Fsp3) is 0.667. The van der Waals surface area contributed by atoms with E-state index in [2.05, 4.69) is 37.8 Å². The van der Waals surface area contributed by atoms with Crippen LogP contribution in [0.1, 0.15) is 36.0 Å². The molecule has 1 aromatic rings. The van der Waals surface area contributed by atoms with Crippen molar-refractivity contribution in [2.75, 3.05) is 39.5 Å². The van der Waals surface area contributed by atoms with Gasteiger partial charge in [0.05, 0.1) is 13.2 Å². The maximum atomic E-state index is 5.85. The summed E-state index contributed by atoms with van der Waals surface area (Å²) in [5.41, 5.74) is 3.77. The Labute approximate surface area is 129 Å². The Morgan fingerprint density at radius 2 is 1.71 bits per heavy atom. The van der Waals surface area contributed by atoms with Crippen LogP contribution in [0.15, 0.2) is 12.1 Å². The lowest BCUT2D eigenvalue weighted by atomic mass is 10.1. The monoisotopic (exact) mass is 291 g/mol. The molecule has 0 saturated carbocycles. The molecule has 0 aliphatic carbocycles. The second kappa shape index (κ2) is 8.40. The number of hydrogen-bond acceptors (Lipinski definition) is 3. The molecule has 3 heteroatoms. The SMILES string of the molecule is Cc1cc(C)c(C)c(OCCOCCN2CCCCC2)c1. The zero-order valence-electron chi connectivity index (χ0n) is 13.8. The number of nitrogens with zero attached hydrogens (tertiary/aromatic N) is 1. The van der Waals surface area contributed by atoms with Crippen LogP contribution in [-0.2, 0) is 4.74 Å². The van der Waals surface area contributed by atoms with Crippen LogP contribution in [0.25, 0.3) is 0 Å². The first-order chi connectivity index (χ1) is 10.2. The number of benzene rings is 1. The van der Waals surface area contributed by atoms with Crippen molar-refractivity contribution in [3.63, 3.8) is 0 Å². The Kier molecular flexibility index (Phi) is 6.52. The van der Waals surface area contributed by atoms with E-state index in [1.807, 2.05) is 0 Å². The summed E-state index contributed by atoms with van der Waals surface area (Å²) in [6.45, 7) is 12.0. The van der Waals surface area contributed by atoms with Gasteiger partial charge in [-0.3, -0.25) is 0 Å². The summed E-state index contributed by atoms with van der Waals surface area (Å²) in [4.78, 5) is 2.50. The molecule has 0 unspecified atom stereocenters. The van der Waals surface area contributed by atoms with E-state index >= 15 is 0 Å². The standard InChI is InChI=1S/C18H29NO2/c1-15-13-16(2)17(3)18(14-15)21-12-11-20-10-9-19-7-5-4-6-8-19/h13-14H,4-12H2,1-3H3. The Morgan fingerprint density at radius 1 is 0.952 bits per heavy atom. The van der Waals surface area contributed by atoms with E-state index in [0.29, 0.717) is 13.2 Å². The van der Waals surface area contributed by atoms with Gasteiger partial charge in [-0.25, -0.2) is 0 Å². The van der Waals surface area contributed by atoms with Gasteiger partial charge >= 0.3 is 0 Å². The van der Waals surface area contributed by atoms with Crippen LogP contribution in [0, 0.1) is 20.8 Å². The fourth-order valence-corrected chi connectivity index (χ4v) is 2.84. The summed E-state index contributed by atoms with van der Waals surface area (Å²) < 4.78 is 11.5. The lowest BCUT2D eigenvalue weighted by Gasteiger charge is -2.26. The third-order valence-corrected chi connectivity index (χ3v) is 4.25. The predicted octanol–water partition coefficient (Wildman–Crippen LogP) is 3.49. The first-order valence-electron chi connectivity index (χ1n) is 8.17. The van der Waals surface area contributed by atoms with Crippen molar-refractivity contribution in [3.8, 4) is 5.75 Å². The molecule has 1 saturated heterocycles. The van der Waals surface area contributed by atoms with Crippen molar-refractivity contribution in [2.45, 2.75) is 40.0 Å². The molecular formula is C18H29NO2. The maximum Gasteiger partial charge on any atom is 0.122 e. The molecule has 0 spiro atoms. The molecule has 1 aromatic carbocycles. The molecule has 1 aliphatic heterocycles. The van der Waals surface area contributed by atoms with Crippen LogP contribution >= 0.6 is 0 Å². The van der Waals surface area contributed by atoms with E-state index in [1.165, 1.54) is 49.0 Å². The van der Waals surface area contributed by atoms with Gasteiger partial charge in [-0.05, 0) is 69.5 Å². The minimum absolute atomic E-state index is 0.629. The van der Waals surface area contributed by atoms with Crippen LogP contribution in [0.3, 0.4) is 0 Å². The molecule has 0 bridgehead atoms. The topological polar surface area (TPSA) is 21.7 Å². The van der Waals surface area contributed by atoms with Crippen LogP contribution in [0.4, 0.5) is 0 Å². The predicted molar refractivity (Wildman–Crippen MR) is 87.3 cm³/mol. The molecule has 0 aromatic heterocycles. The molecule has 1 aliphatic rings. The summed E-state index contributed by atoms with van der Waals surface area (Å²) in [6, 6.07) is 4.30. The quantitative estimate of drug-likeness (QED) is 0.718. The first-order valence-corrected chi connectivity index (χ1v) is 8.17. The minimum atomic E-state index is 0.629. The molecule has 1 fully saturated rings. The zero-order chi connectivity index (χ0) is 15.1. The number of rotatable bonds is 7. The van der Waals surface area contributed by atoms with Crippen molar-refractivity contribution in [1.29, 1.82) is 0 Å². The molecule has 0 N–H and O–H groups in total. The minimum Gasteiger partial charge on any atom is -0.491 e. The second-order valence-electron chi connectivity index (χ2n) is 6.07. The number of ether oxygens (including phenoxy) is 2. The van der Waals surface area contributed by atoms with Crippen LogP contribution in [0.2, 0.25) is 0 Å². The molecule has 0 radical (unpaired) electrons. The summed E-state index contributed by atoms with van der Waals surface area (Å²) in [5, 5.41) is 0. The van der Waals surface area contributed by atoms with Gasteiger partial charge in [0.2, 0.25) is 0 Å². The Bertz CT molecular complexity index is 439. The summed E-state index contributed by atoms with van der Waals surface area (Å²) in [5.74, 6) is 0.993. The van der Waals surface area contributed by atoms with Gasteiger partial charge < -0.3 is 14.4 Å². The Morgan fingerprint density at radius 3 is 2.48 bits per heavy atom. The molecule has 21 heavy (non-hydrogen) atoms. The molecule has 2 rings (SSSR count). The van der Waals surface area contributed by atoms with Gasteiger partial charge in [-0.1, -0.05) is 12.5 Å². The Hall–Kier alpha value is -1.06. The van der Waals surface area contributed by atoms with E-state index in [4.69, 9.17) is 9.47 Å². The molecule has 0 amide bonds. The molecule has 118 valence electrons. The van der Waals surface area contributed by atoms with Crippen molar-refractivity contribution >= 4 is 0 Å². The van der Waals surface area contributed by atoms with Crippen LogP contribution in [0.5, 0.6) is 5.75 Å². The average Bonchev–Trinajstić information content (AvgIpc) is 2.48. The number of hydrogen-bond donors (Lipinski definition) is 0. The van der Waals surface area contributed by atoms with Crippen molar-refractivity contribution in [3.05, 3.63) is 28.8 Å². The third-order valence-electron chi connectivity index (χ3n) is 4.25. The van der Waals surface area contributed by atoms with E-state index in [0.717, 1.165) is 18.9 Å². The van der Waals surface area contributed by atoms with Gasteiger partial charge in [-0.15, -0.1) is 0 Å². The van der Waals surface area contributed by atoms with Gasteiger partial charge in [0.1, 0.15) is 12.4 Å². The highest BCUT2D eigenvalue weighted by atomic mass is 16.5. The van der Waals surface area contributed by atoms with E-state index in [-0.39, 0.29) is 0 Å². The smallest absolute Gasteiger partial charge is 0.122 e. The van der Waals surface area contributed by atoms with E-state index < -0.39 is 0 Å². The molecule has 1 heterocycles. The maximum absolute atomic E-state index is 5.85. The van der Waals surface area contributed by atoms with Gasteiger partial charge in [0, 0.05) is 6.54 Å². The summed E-state index contributed by atoms with van der Waals surface area (Å²) >= 11 is 0. The highest BCUT2D eigenvalue weighted by molar-refractivity contribution is 5.41. The lowest BCUT2D eigenvalue weighted by molar-refractivity contribution is 0.0749. The lowest BCUT2D eigenvalue weighted by Crippen LogP contribution is -2.32. The van der Waals surface area contributed by atoms with E-state index in [1.54, 1.807) is 0 Å². The highest BCUT2D eigenvalue weighted by Gasteiger charge is 2.09. The van der Waals surface area contributed by atoms with Crippen LogP contribution in [-0.4, -0.2) is 44.4 Å². The summed E-state index contributed by atoms with van der Waals surface area (Å²) in [7, 11) is 0. The fourth-order valence-electron chi connectivity index (χ4n) is 2.84. The third kappa shape index (κ3) is 5.33. The van der Waals surface area contributed by atoms with Gasteiger partial charge in [0.15, 0.2) is 0 Å². The second-order valence-corrected chi connectivity index (χ2v) is 6.07. The molecular weight excluding hydrogens is 262 g/mol. The summed E-state index contributed by atoms with van der Waals surface area (Å²) in [6.07, 6.45) is 4.07. The number of piperidine rings is 1. The molecule has 3 nitrogen and oxygen atoms in total. The zero-order valence-corrected chi connectivity index (χ0v) is 13.8. The van der Waals surface area contributed by atoms with E-state index in [9.17, 15) is 0 Å². The number of aryl methyl sites for hydroxylation is 2. The largest absolute Gasteiger partial charge is 0.491 e. The average molecular weight is 291 g/mol. The Balaban J connectivity index is 1.61. The number of likely N-dealkylation sites (tertiary alicyclic amines) is 1. The van der Waals surface area contributed by atoms with Gasteiger partial charge in [0.25, 0.3) is 0 Å². The van der Waals surface area contributed by atoms with Crippen molar-refractivity contribution < 1.29 is 9.47 Å². The van der Waals surface area contributed by atoms with Crippen molar-refractivity contribution in [2.24, 2.45) is 0 Å². The van der Waals surface area contributed by atoms with Crippen LogP contribution < -0.4 is 4.74 Å². The first kappa shape index (κ1) is 16.3. The highest BCUT2D eigenvalue weighted by Crippen LogP contribution is 2.23. The normalized spacial score (nSPS) is 16.1. The van der Waals surface area contributed by atoms with Gasteiger partial charge in [-0.2, -0.15) is 0 Å².